The third-order valence-electron chi connectivity index (χ3n) is 2.79. The molecule has 1 aliphatic rings. The molecule has 19 heavy (non-hydrogen) atoms. The molecule has 3 heteroatoms. The highest BCUT2D eigenvalue weighted by molar-refractivity contribution is 7.97. The normalized spacial score (nSPS) is 23.4. The molecule has 0 aliphatic carbocycles. The summed E-state index contributed by atoms with van der Waals surface area (Å²) in [6.45, 7) is 12.2. The van der Waals surface area contributed by atoms with Crippen LogP contribution >= 0.6 is 11.9 Å². The lowest BCUT2D eigenvalue weighted by atomic mass is 9.90. The van der Waals surface area contributed by atoms with E-state index in [0.29, 0.717) is 5.92 Å². The molecule has 0 aromatic carbocycles. The van der Waals surface area contributed by atoms with Crippen molar-refractivity contribution >= 4 is 11.9 Å². The van der Waals surface area contributed by atoms with E-state index in [0.717, 1.165) is 12.2 Å². The second kappa shape index (κ2) is 10.8. The number of allylic oxidation sites excluding steroid dienone is 5. The second-order valence-corrected chi connectivity index (χ2v) is 4.70. The maximum Gasteiger partial charge on any atom is 0.0435 e. The fraction of sp³-hybridized carbons (Fsp3) is 0.500. The first-order valence-electron chi connectivity index (χ1n) is 7.02. The van der Waals surface area contributed by atoms with Gasteiger partial charge in [0.05, 0.1) is 0 Å². The average molecular weight is 280 g/mol. The van der Waals surface area contributed by atoms with E-state index in [1.807, 2.05) is 33.2 Å². The lowest BCUT2D eigenvalue weighted by Crippen LogP contribution is -2.25. The summed E-state index contributed by atoms with van der Waals surface area (Å²) >= 11 is 1.76. The SMILES string of the molecule is C=C/C(=C\NC)C1CSNC(=C/CC)/C1=C\C.CC. The van der Waals surface area contributed by atoms with Gasteiger partial charge < -0.3 is 10.0 Å². The van der Waals surface area contributed by atoms with Crippen LogP contribution in [0.4, 0.5) is 0 Å². The Kier molecular flexibility index (Phi) is 10.2. The van der Waals surface area contributed by atoms with Gasteiger partial charge >= 0.3 is 0 Å². The minimum Gasteiger partial charge on any atom is -0.394 e. The van der Waals surface area contributed by atoms with Crippen molar-refractivity contribution < 1.29 is 0 Å². The Hall–Kier alpha value is -1.09. The van der Waals surface area contributed by atoms with Crippen LogP contribution in [0.25, 0.3) is 0 Å². The van der Waals surface area contributed by atoms with Gasteiger partial charge in [0.25, 0.3) is 0 Å². The fourth-order valence-corrected chi connectivity index (χ4v) is 2.98. The zero-order chi connectivity index (χ0) is 14.7. The maximum atomic E-state index is 3.91. The zero-order valence-electron chi connectivity index (χ0n) is 12.9. The molecular weight excluding hydrogens is 252 g/mol. The summed E-state index contributed by atoms with van der Waals surface area (Å²) in [5, 5.41) is 3.10. The monoisotopic (exact) mass is 280 g/mol. The zero-order valence-corrected chi connectivity index (χ0v) is 13.7. The highest BCUT2D eigenvalue weighted by atomic mass is 32.2. The van der Waals surface area contributed by atoms with E-state index in [1.54, 1.807) is 11.9 Å². The van der Waals surface area contributed by atoms with Gasteiger partial charge in [0, 0.05) is 30.6 Å². The summed E-state index contributed by atoms with van der Waals surface area (Å²) in [5.74, 6) is 1.47. The molecule has 0 saturated carbocycles. The predicted molar refractivity (Wildman–Crippen MR) is 89.9 cm³/mol. The minimum absolute atomic E-state index is 0.425. The lowest BCUT2D eigenvalue weighted by Gasteiger charge is -2.29. The Morgan fingerprint density at radius 2 is 2.21 bits per heavy atom. The third-order valence-corrected chi connectivity index (χ3v) is 3.65. The summed E-state index contributed by atoms with van der Waals surface area (Å²) in [4.78, 5) is 0. The lowest BCUT2D eigenvalue weighted by molar-refractivity contribution is 0.795. The topological polar surface area (TPSA) is 24.1 Å². The molecular formula is C16H28N2S. The molecule has 0 bridgehead atoms. The van der Waals surface area contributed by atoms with Gasteiger partial charge in [-0.05, 0) is 24.5 Å². The van der Waals surface area contributed by atoms with E-state index >= 15 is 0 Å². The van der Waals surface area contributed by atoms with Gasteiger partial charge in [-0.1, -0.05) is 57.5 Å². The molecule has 0 aromatic heterocycles. The van der Waals surface area contributed by atoms with Crippen molar-refractivity contribution in [2.45, 2.75) is 34.1 Å². The number of hydrogen-bond donors (Lipinski definition) is 2. The summed E-state index contributed by atoms with van der Waals surface area (Å²) in [6.07, 6.45) is 9.48. The van der Waals surface area contributed by atoms with Crippen molar-refractivity contribution in [3.05, 3.63) is 47.9 Å². The molecule has 1 fully saturated rings. The summed E-state index contributed by atoms with van der Waals surface area (Å²) < 4.78 is 3.40. The molecule has 1 heterocycles. The van der Waals surface area contributed by atoms with Crippen LogP contribution in [0.2, 0.25) is 0 Å². The second-order valence-electron chi connectivity index (χ2n) is 3.87. The Bertz CT molecular complexity index is 354. The van der Waals surface area contributed by atoms with Crippen LogP contribution in [-0.2, 0) is 0 Å². The van der Waals surface area contributed by atoms with Crippen molar-refractivity contribution in [2.75, 3.05) is 12.8 Å². The van der Waals surface area contributed by atoms with Crippen LogP contribution in [0.1, 0.15) is 34.1 Å². The van der Waals surface area contributed by atoms with Crippen molar-refractivity contribution in [1.82, 2.24) is 10.0 Å². The van der Waals surface area contributed by atoms with Gasteiger partial charge in [-0.2, -0.15) is 0 Å². The Labute approximate surface area is 123 Å². The molecule has 1 rings (SSSR count). The van der Waals surface area contributed by atoms with Gasteiger partial charge in [-0.3, -0.25) is 0 Å². The van der Waals surface area contributed by atoms with Crippen molar-refractivity contribution in [2.24, 2.45) is 5.92 Å². The number of nitrogens with one attached hydrogen (secondary N) is 2. The van der Waals surface area contributed by atoms with Crippen molar-refractivity contribution in [1.29, 1.82) is 0 Å². The Morgan fingerprint density at radius 3 is 2.68 bits per heavy atom. The van der Waals surface area contributed by atoms with Gasteiger partial charge in [0.2, 0.25) is 0 Å². The van der Waals surface area contributed by atoms with E-state index in [2.05, 4.69) is 42.6 Å². The van der Waals surface area contributed by atoms with Crippen molar-refractivity contribution in [3.63, 3.8) is 0 Å². The van der Waals surface area contributed by atoms with Crippen LogP contribution in [-0.4, -0.2) is 12.8 Å². The van der Waals surface area contributed by atoms with Gasteiger partial charge in [-0.25, -0.2) is 0 Å². The number of rotatable bonds is 4. The molecule has 0 spiro atoms. The maximum absolute atomic E-state index is 3.91. The van der Waals surface area contributed by atoms with E-state index in [4.69, 9.17) is 0 Å². The highest BCUT2D eigenvalue weighted by Crippen LogP contribution is 2.33. The molecule has 1 unspecified atom stereocenters. The van der Waals surface area contributed by atoms with E-state index in [1.165, 1.54) is 16.8 Å². The van der Waals surface area contributed by atoms with Crippen LogP contribution in [0.5, 0.6) is 0 Å². The summed E-state index contributed by atoms with van der Waals surface area (Å²) in [7, 11) is 1.93. The van der Waals surface area contributed by atoms with Gasteiger partial charge in [0.15, 0.2) is 0 Å². The molecule has 108 valence electrons. The first-order valence-corrected chi connectivity index (χ1v) is 8.01. The summed E-state index contributed by atoms with van der Waals surface area (Å²) in [6, 6.07) is 0. The Morgan fingerprint density at radius 1 is 1.53 bits per heavy atom. The average Bonchev–Trinajstić information content (AvgIpc) is 2.47. The summed E-state index contributed by atoms with van der Waals surface area (Å²) in [5.41, 5.74) is 3.86. The molecule has 0 amide bonds. The molecule has 0 aromatic rings. The largest absolute Gasteiger partial charge is 0.394 e. The molecule has 0 radical (unpaired) electrons. The third kappa shape index (κ3) is 5.19. The molecule has 1 atom stereocenters. The molecule has 1 aliphatic heterocycles. The Balaban J connectivity index is 0.00000154. The molecule has 2 N–H and O–H groups in total. The van der Waals surface area contributed by atoms with Crippen LogP contribution < -0.4 is 10.0 Å². The smallest absolute Gasteiger partial charge is 0.0435 e. The predicted octanol–water partition coefficient (Wildman–Crippen LogP) is 4.41. The van der Waals surface area contributed by atoms with Crippen molar-refractivity contribution in [3.8, 4) is 0 Å². The van der Waals surface area contributed by atoms with Crippen LogP contribution in [0, 0.1) is 5.92 Å². The number of hydrogen-bond acceptors (Lipinski definition) is 3. The highest BCUT2D eigenvalue weighted by Gasteiger charge is 2.24. The van der Waals surface area contributed by atoms with E-state index < -0.39 is 0 Å². The standard InChI is InChI=1S/C14H22N2S.C2H6/c1-5-8-14-12(7-3)13(10-17-16-14)11(6-2)9-15-4;1-2/h6-9,13,15-16H,2,5,10H2,1,3-4H3;1-2H3/b11-9+,12-7-,14-8+;. The quantitative estimate of drug-likeness (QED) is 0.589. The minimum atomic E-state index is 0.425. The molecule has 2 nitrogen and oxygen atoms in total. The first-order chi connectivity index (χ1) is 9.28. The molecule has 1 saturated heterocycles. The van der Waals surface area contributed by atoms with Crippen LogP contribution in [0.15, 0.2) is 47.9 Å². The van der Waals surface area contributed by atoms with E-state index in [-0.39, 0.29) is 0 Å². The van der Waals surface area contributed by atoms with Gasteiger partial charge in [0.1, 0.15) is 0 Å². The first kappa shape index (κ1) is 17.9. The van der Waals surface area contributed by atoms with Gasteiger partial charge in [-0.15, -0.1) is 0 Å². The van der Waals surface area contributed by atoms with Crippen LogP contribution in [0.3, 0.4) is 0 Å². The van der Waals surface area contributed by atoms with E-state index in [9.17, 15) is 0 Å². The fourth-order valence-electron chi connectivity index (χ4n) is 2.00.